The van der Waals surface area contributed by atoms with E-state index in [2.05, 4.69) is 16.0 Å². The van der Waals surface area contributed by atoms with Crippen molar-refractivity contribution in [3.05, 3.63) is 72.1 Å². The van der Waals surface area contributed by atoms with Crippen molar-refractivity contribution < 1.29 is 4.74 Å². The Bertz CT molecular complexity index is 856. The molecule has 0 aliphatic carbocycles. The molecule has 0 aliphatic heterocycles. The first-order valence-electron chi connectivity index (χ1n) is 7.17. The number of aromatic nitrogens is 2. The van der Waals surface area contributed by atoms with Crippen LogP contribution in [0.1, 0.15) is 11.3 Å². The number of nitrogens with one attached hydrogen (secondary N) is 1. The lowest BCUT2D eigenvalue weighted by molar-refractivity contribution is 0.415. The van der Waals surface area contributed by atoms with E-state index in [4.69, 9.17) is 4.74 Å². The van der Waals surface area contributed by atoms with E-state index in [0.717, 1.165) is 28.4 Å². The first-order chi connectivity index (χ1) is 11.3. The molecule has 112 valence electrons. The Hall–Kier alpha value is -3.32. The fourth-order valence-corrected chi connectivity index (χ4v) is 2.26. The van der Waals surface area contributed by atoms with Crippen LogP contribution < -0.4 is 4.74 Å². The standard InChI is InChI=1S/C19H15N3O/c1-23-18-9-7-14(8-10-18)16(12-20)11-17-13-21-19(22-17)15-5-3-2-4-6-15/h2-11,13H,1H3,(H,21,22)/b16-11+. The monoisotopic (exact) mass is 301 g/mol. The molecule has 0 fully saturated rings. The van der Waals surface area contributed by atoms with E-state index in [-0.39, 0.29) is 0 Å². The highest BCUT2D eigenvalue weighted by molar-refractivity contribution is 5.89. The zero-order valence-corrected chi connectivity index (χ0v) is 12.7. The normalized spacial score (nSPS) is 11.0. The van der Waals surface area contributed by atoms with Gasteiger partial charge in [0.15, 0.2) is 0 Å². The van der Waals surface area contributed by atoms with Crippen LogP contribution in [0.15, 0.2) is 60.8 Å². The van der Waals surface area contributed by atoms with Gasteiger partial charge in [0.05, 0.1) is 30.6 Å². The highest BCUT2D eigenvalue weighted by Crippen LogP contribution is 2.21. The predicted octanol–water partition coefficient (Wildman–Crippen LogP) is 4.15. The third-order valence-corrected chi connectivity index (χ3v) is 3.46. The smallest absolute Gasteiger partial charge is 0.137 e. The fraction of sp³-hybridized carbons (Fsp3) is 0.0526. The third-order valence-electron chi connectivity index (χ3n) is 3.46. The molecule has 0 bridgehead atoms. The summed E-state index contributed by atoms with van der Waals surface area (Å²) in [6, 6.07) is 19.5. The summed E-state index contributed by atoms with van der Waals surface area (Å²) in [4.78, 5) is 7.59. The second-order valence-electron chi connectivity index (χ2n) is 4.95. The average Bonchev–Trinajstić information content (AvgIpc) is 3.09. The molecule has 0 aliphatic rings. The molecule has 0 saturated heterocycles. The molecule has 23 heavy (non-hydrogen) atoms. The maximum atomic E-state index is 9.41. The number of imidazole rings is 1. The Balaban J connectivity index is 1.90. The van der Waals surface area contributed by atoms with Crippen molar-refractivity contribution in [2.45, 2.75) is 0 Å². The molecule has 3 rings (SSSR count). The Kier molecular flexibility index (Phi) is 4.21. The van der Waals surface area contributed by atoms with Gasteiger partial charge in [0, 0.05) is 5.56 Å². The first-order valence-corrected chi connectivity index (χ1v) is 7.17. The van der Waals surface area contributed by atoms with E-state index in [9.17, 15) is 5.26 Å². The molecule has 0 atom stereocenters. The Morgan fingerprint density at radius 3 is 2.52 bits per heavy atom. The summed E-state index contributed by atoms with van der Waals surface area (Å²) < 4.78 is 5.13. The van der Waals surface area contributed by atoms with Crippen LogP contribution >= 0.6 is 0 Å². The Morgan fingerprint density at radius 2 is 1.87 bits per heavy atom. The van der Waals surface area contributed by atoms with E-state index in [1.807, 2.05) is 54.6 Å². The summed E-state index contributed by atoms with van der Waals surface area (Å²) in [6.45, 7) is 0. The summed E-state index contributed by atoms with van der Waals surface area (Å²) >= 11 is 0. The van der Waals surface area contributed by atoms with Crippen LogP contribution in [-0.4, -0.2) is 17.1 Å². The van der Waals surface area contributed by atoms with Gasteiger partial charge in [0.1, 0.15) is 11.6 Å². The van der Waals surface area contributed by atoms with Gasteiger partial charge in [-0.2, -0.15) is 5.26 Å². The molecule has 0 radical (unpaired) electrons. The summed E-state index contributed by atoms with van der Waals surface area (Å²) in [5.41, 5.74) is 3.20. The van der Waals surface area contributed by atoms with Crippen LogP contribution in [0.4, 0.5) is 0 Å². The molecule has 4 heteroatoms. The number of nitriles is 1. The molecule has 0 spiro atoms. The summed E-state index contributed by atoms with van der Waals surface area (Å²) in [6.07, 6.45) is 3.52. The molecule has 2 aromatic carbocycles. The average molecular weight is 301 g/mol. The number of methoxy groups -OCH3 is 1. The molecule has 3 aromatic rings. The number of hydrogen-bond acceptors (Lipinski definition) is 3. The lowest BCUT2D eigenvalue weighted by Crippen LogP contribution is -1.85. The van der Waals surface area contributed by atoms with Crippen LogP contribution in [0, 0.1) is 11.3 Å². The van der Waals surface area contributed by atoms with Gasteiger partial charge >= 0.3 is 0 Å². The highest BCUT2D eigenvalue weighted by Gasteiger charge is 2.05. The van der Waals surface area contributed by atoms with Crippen LogP contribution in [-0.2, 0) is 0 Å². The number of allylic oxidation sites excluding steroid dienone is 1. The predicted molar refractivity (Wildman–Crippen MR) is 90.5 cm³/mol. The van der Waals surface area contributed by atoms with Crippen molar-refractivity contribution in [3.63, 3.8) is 0 Å². The number of benzene rings is 2. The van der Waals surface area contributed by atoms with Gasteiger partial charge in [-0.15, -0.1) is 0 Å². The van der Waals surface area contributed by atoms with Crippen LogP contribution in [0.5, 0.6) is 5.75 Å². The maximum Gasteiger partial charge on any atom is 0.137 e. The van der Waals surface area contributed by atoms with Crippen molar-refractivity contribution in [2.24, 2.45) is 0 Å². The van der Waals surface area contributed by atoms with Gasteiger partial charge < -0.3 is 9.72 Å². The van der Waals surface area contributed by atoms with Crippen molar-refractivity contribution in [1.82, 2.24) is 9.97 Å². The number of rotatable bonds is 4. The van der Waals surface area contributed by atoms with E-state index >= 15 is 0 Å². The Labute approximate surface area is 134 Å². The molecule has 0 amide bonds. The number of ether oxygens (including phenoxy) is 1. The fourth-order valence-electron chi connectivity index (χ4n) is 2.26. The van der Waals surface area contributed by atoms with Crippen LogP contribution in [0.3, 0.4) is 0 Å². The number of nitrogens with zero attached hydrogens (tertiary/aromatic N) is 2. The minimum atomic E-state index is 0.566. The summed E-state index contributed by atoms with van der Waals surface area (Å²) in [5.74, 6) is 1.54. The van der Waals surface area contributed by atoms with Gasteiger partial charge in [0.2, 0.25) is 0 Å². The molecule has 0 saturated carbocycles. The highest BCUT2D eigenvalue weighted by atomic mass is 16.5. The Morgan fingerprint density at radius 1 is 1.13 bits per heavy atom. The zero-order valence-electron chi connectivity index (χ0n) is 12.7. The third kappa shape index (κ3) is 3.30. The van der Waals surface area contributed by atoms with E-state index in [1.165, 1.54) is 0 Å². The van der Waals surface area contributed by atoms with Gasteiger partial charge in [-0.25, -0.2) is 4.98 Å². The minimum Gasteiger partial charge on any atom is -0.497 e. The molecule has 0 unspecified atom stereocenters. The van der Waals surface area contributed by atoms with Crippen molar-refractivity contribution >= 4 is 11.6 Å². The number of hydrogen-bond donors (Lipinski definition) is 1. The molecule has 1 N–H and O–H groups in total. The summed E-state index contributed by atoms with van der Waals surface area (Å²) in [5, 5.41) is 9.41. The summed E-state index contributed by atoms with van der Waals surface area (Å²) in [7, 11) is 1.62. The van der Waals surface area contributed by atoms with Gasteiger partial charge in [-0.3, -0.25) is 0 Å². The topological polar surface area (TPSA) is 61.7 Å². The lowest BCUT2D eigenvalue weighted by Gasteiger charge is -2.02. The van der Waals surface area contributed by atoms with E-state index in [1.54, 1.807) is 19.4 Å². The van der Waals surface area contributed by atoms with E-state index in [0.29, 0.717) is 5.57 Å². The van der Waals surface area contributed by atoms with Gasteiger partial charge in [0.25, 0.3) is 0 Å². The van der Waals surface area contributed by atoms with Gasteiger partial charge in [-0.1, -0.05) is 30.3 Å². The van der Waals surface area contributed by atoms with Crippen molar-refractivity contribution in [2.75, 3.05) is 7.11 Å². The number of H-pyrrole nitrogens is 1. The number of aromatic amines is 1. The first kappa shape index (κ1) is 14.6. The molecule has 4 nitrogen and oxygen atoms in total. The van der Waals surface area contributed by atoms with Crippen molar-refractivity contribution in [1.29, 1.82) is 5.26 Å². The van der Waals surface area contributed by atoms with Crippen LogP contribution in [0.25, 0.3) is 23.0 Å². The van der Waals surface area contributed by atoms with Gasteiger partial charge in [-0.05, 0) is 35.9 Å². The largest absolute Gasteiger partial charge is 0.497 e. The van der Waals surface area contributed by atoms with E-state index < -0.39 is 0 Å². The minimum absolute atomic E-state index is 0.566. The SMILES string of the molecule is COc1ccc(/C(C#N)=C/c2cnc(-c3ccccc3)[nH]2)cc1. The zero-order chi connectivity index (χ0) is 16.1. The van der Waals surface area contributed by atoms with Crippen LogP contribution in [0.2, 0.25) is 0 Å². The molecule has 1 aromatic heterocycles. The van der Waals surface area contributed by atoms with Crippen molar-refractivity contribution in [3.8, 4) is 23.2 Å². The molecule has 1 heterocycles. The quantitative estimate of drug-likeness (QED) is 0.736. The maximum absolute atomic E-state index is 9.41. The molecular formula is C19H15N3O. The lowest BCUT2D eigenvalue weighted by atomic mass is 10.1. The second-order valence-corrected chi connectivity index (χ2v) is 4.95. The second kappa shape index (κ2) is 6.63. The molecular weight excluding hydrogens is 286 g/mol.